The number of hydrogen-bond donors (Lipinski definition) is 1. The van der Waals surface area contributed by atoms with Crippen molar-refractivity contribution in [2.24, 2.45) is 0 Å². The molecule has 0 saturated heterocycles. The molecular weight excluding hydrogens is 243 g/mol. The van der Waals surface area contributed by atoms with Crippen LogP contribution in [-0.4, -0.2) is 11.1 Å². The molecule has 0 fully saturated rings. The van der Waals surface area contributed by atoms with E-state index < -0.39 is 11.3 Å². The van der Waals surface area contributed by atoms with Crippen LogP contribution in [0.15, 0.2) is 28.7 Å². The smallest absolute Gasteiger partial charge is 0.326 e. The molecule has 64 valence electrons. The molecule has 0 bridgehead atoms. The summed E-state index contributed by atoms with van der Waals surface area (Å²) in [5, 5.41) is 7.60. The van der Waals surface area contributed by atoms with Gasteiger partial charge in [-0.3, -0.25) is 4.79 Å². The molecule has 0 amide bonds. The van der Waals surface area contributed by atoms with Crippen LogP contribution in [0, 0.1) is 0 Å². The summed E-state index contributed by atoms with van der Waals surface area (Å²) in [4.78, 5) is 10.4. The van der Waals surface area contributed by atoms with E-state index >= 15 is 0 Å². The van der Waals surface area contributed by atoms with Gasteiger partial charge < -0.3 is 5.11 Å². The van der Waals surface area contributed by atoms with Crippen molar-refractivity contribution in [2.75, 3.05) is 0 Å². The fourth-order valence-corrected chi connectivity index (χ4v) is 1.18. The van der Waals surface area contributed by atoms with Crippen molar-refractivity contribution in [1.29, 1.82) is 0 Å². The minimum absolute atomic E-state index is 0.590. The Balaban J connectivity index is 2.89. The summed E-state index contributed by atoms with van der Waals surface area (Å²) in [6, 6.07) is 6.87. The van der Waals surface area contributed by atoms with Crippen LogP contribution in [-0.2, 0) is 4.79 Å². The molecule has 1 rings (SSSR count). The minimum Gasteiger partial charge on any atom is -0.480 e. The first-order valence-corrected chi connectivity index (χ1v) is 4.46. The van der Waals surface area contributed by atoms with Gasteiger partial charge in [-0.15, -0.1) is 11.6 Å². The third-order valence-electron chi connectivity index (χ3n) is 1.38. The van der Waals surface area contributed by atoms with Gasteiger partial charge in [-0.2, -0.15) is 0 Å². The molecule has 0 saturated carbocycles. The van der Waals surface area contributed by atoms with Crippen LogP contribution < -0.4 is 0 Å². The summed E-state index contributed by atoms with van der Waals surface area (Å²) in [6.07, 6.45) is 0. The first kappa shape index (κ1) is 9.55. The molecule has 0 aliphatic carbocycles. The highest BCUT2D eigenvalue weighted by molar-refractivity contribution is 9.10. The monoisotopic (exact) mass is 248 g/mol. The molecule has 0 aromatic heterocycles. The van der Waals surface area contributed by atoms with Gasteiger partial charge in [-0.1, -0.05) is 28.1 Å². The van der Waals surface area contributed by atoms with Crippen molar-refractivity contribution >= 4 is 33.5 Å². The molecule has 1 aromatic carbocycles. The minimum atomic E-state index is -1.03. The van der Waals surface area contributed by atoms with Gasteiger partial charge >= 0.3 is 5.97 Å². The van der Waals surface area contributed by atoms with Crippen molar-refractivity contribution in [1.82, 2.24) is 0 Å². The van der Waals surface area contributed by atoms with E-state index in [1.54, 1.807) is 24.3 Å². The average Bonchev–Trinajstić information content (AvgIpc) is 2.04. The van der Waals surface area contributed by atoms with E-state index in [9.17, 15) is 4.79 Å². The fraction of sp³-hybridized carbons (Fsp3) is 0.125. The van der Waals surface area contributed by atoms with Gasteiger partial charge in [0.25, 0.3) is 0 Å². The second-order valence-electron chi connectivity index (χ2n) is 2.25. The summed E-state index contributed by atoms with van der Waals surface area (Å²) >= 11 is 8.82. The third-order valence-corrected chi connectivity index (χ3v) is 2.35. The fourth-order valence-electron chi connectivity index (χ4n) is 0.774. The van der Waals surface area contributed by atoms with Gasteiger partial charge in [0.1, 0.15) is 0 Å². The van der Waals surface area contributed by atoms with Gasteiger partial charge in [-0.05, 0) is 17.7 Å². The summed E-state index contributed by atoms with van der Waals surface area (Å²) < 4.78 is 0.903. The number of carboxylic acids is 1. The molecule has 1 atom stereocenters. The van der Waals surface area contributed by atoms with Crippen molar-refractivity contribution in [3.63, 3.8) is 0 Å². The largest absolute Gasteiger partial charge is 0.480 e. The zero-order valence-electron chi connectivity index (χ0n) is 6.00. The Morgan fingerprint density at radius 3 is 2.33 bits per heavy atom. The molecule has 4 heteroatoms. The maximum Gasteiger partial charge on any atom is 0.326 e. The third kappa shape index (κ3) is 2.22. The zero-order valence-corrected chi connectivity index (χ0v) is 8.34. The van der Waals surface area contributed by atoms with Gasteiger partial charge in [0, 0.05) is 4.47 Å². The standard InChI is InChI=1S/C8H6BrClO2/c9-6-3-1-5(2-4-6)7(10)8(11)12/h1-4,7H,(H,11,12)/t7-/m0/s1. The van der Waals surface area contributed by atoms with E-state index in [-0.39, 0.29) is 0 Å². The van der Waals surface area contributed by atoms with E-state index in [0.29, 0.717) is 5.56 Å². The molecule has 0 aliphatic heterocycles. The molecule has 0 radical (unpaired) electrons. The maximum absolute atomic E-state index is 10.4. The lowest BCUT2D eigenvalue weighted by atomic mass is 10.1. The number of alkyl halides is 1. The summed E-state index contributed by atoms with van der Waals surface area (Å²) in [5.74, 6) is -1.03. The lowest BCUT2D eigenvalue weighted by Gasteiger charge is -2.03. The predicted octanol–water partition coefficient (Wildman–Crippen LogP) is 2.81. The number of carboxylic acid groups (broad SMARTS) is 1. The predicted molar refractivity (Wildman–Crippen MR) is 50.4 cm³/mol. The number of benzene rings is 1. The van der Waals surface area contributed by atoms with E-state index in [4.69, 9.17) is 16.7 Å². The topological polar surface area (TPSA) is 37.3 Å². The Morgan fingerprint density at radius 1 is 1.42 bits per heavy atom. The number of rotatable bonds is 2. The number of carbonyl (C=O) groups is 1. The molecule has 2 nitrogen and oxygen atoms in total. The van der Waals surface area contributed by atoms with Crippen molar-refractivity contribution < 1.29 is 9.90 Å². The summed E-state index contributed by atoms with van der Waals surface area (Å²) in [7, 11) is 0. The second-order valence-corrected chi connectivity index (χ2v) is 3.60. The zero-order chi connectivity index (χ0) is 9.14. The average molecular weight is 249 g/mol. The number of halogens is 2. The van der Waals surface area contributed by atoms with Gasteiger partial charge in [-0.25, -0.2) is 0 Å². The number of hydrogen-bond acceptors (Lipinski definition) is 1. The quantitative estimate of drug-likeness (QED) is 0.818. The van der Waals surface area contributed by atoms with Crippen LogP contribution in [0.1, 0.15) is 10.9 Å². The highest BCUT2D eigenvalue weighted by Gasteiger charge is 2.15. The lowest BCUT2D eigenvalue weighted by molar-refractivity contribution is -0.136. The second kappa shape index (κ2) is 3.92. The van der Waals surface area contributed by atoms with Crippen LogP contribution in [0.4, 0.5) is 0 Å². The van der Waals surface area contributed by atoms with Crippen LogP contribution in [0.25, 0.3) is 0 Å². The highest BCUT2D eigenvalue weighted by atomic mass is 79.9. The molecule has 0 aliphatic rings. The van der Waals surface area contributed by atoms with Gasteiger partial charge in [0.15, 0.2) is 5.38 Å². The van der Waals surface area contributed by atoms with Crippen LogP contribution >= 0.6 is 27.5 Å². The Kier molecular flexibility index (Phi) is 3.12. The first-order chi connectivity index (χ1) is 5.61. The normalized spacial score (nSPS) is 12.5. The first-order valence-electron chi connectivity index (χ1n) is 3.23. The lowest BCUT2D eigenvalue weighted by Crippen LogP contribution is -2.04. The Hall–Kier alpha value is -0.540. The summed E-state index contributed by atoms with van der Waals surface area (Å²) in [5.41, 5.74) is 0.590. The molecule has 1 N–H and O–H groups in total. The van der Waals surface area contributed by atoms with Crippen molar-refractivity contribution in [3.05, 3.63) is 34.3 Å². The van der Waals surface area contributed by atoms with Gasteiger partial charge in [0.2, 0.25) is 0 Å². The van der Waals surface area contributed by atoms with E-state index in [0.717, 1.165) is 4.47 Å². The molecule has 12 heavy (non-hydrogen) atoms. The van der Waals surface area contributed by atoms with E-state index in [2.05, 4.69) is 15.9 Å². The molecule has 0 heterocycles. The SMILES string of the molecule is O=C(O)[C@@H](Cl)c1ccc(Br)cc1. The molecule has 1 aromatic rings. The van der Waals surface area contributed by atoms with Crippen LogP contribution in [0.3, 0.4) is 0 Å². The highest BCUT2D eigenvalue weighted by Crippen LogP contribution is 2.22. The maximum atomic E-state index is 10.4. The molecule has 0 spiro atoms. The number of aliphatic carboxylic acids is 1. The Bertz CT molecular complexity index is 284. The Morgan fingerprint density at radius 2 is 1.92 bits per heavy atom. The van der Waals surface area contributed by atoms with Crippen molar-refractivity contribution in [2.45, 2.75) is 5.38 Å². The van der Waals surface area contributed by atoms with Crippen molar-refractivity contribution in [3.8, 4) is 0 Å². The molecule has 0 unspecified atom stereocenters. The Labute approximate surface area is 83.3 Å². The van der Waals surface area contributed by atoms with Crippen LogP contribution in [0.2, 0.25) is 0 Å². The van der Waals surface area contributed by atoms with E-state index in [1.807, 2.05) is 0 Å². The van der Waals surface area contributed by atoms with Crippen LogP contribution in [0.5, 0.6) is 0 Å². The summed E-state index contributed by atoms with van der Waals surface area (Å²) in [6.45, 7) is 0. The molecular formula is C8H6BrClO2. The van der Waals surface area contributed by atoms with E-state index in [1.165, 1.54) is 0 Å². The van der Waals surface area contributed by atoms with Gasteiger partial charge in [0.05, 0.1) is 0 Å².